The Morgan fingerprint density at radius 3 is 3.12 bits per heavy atom. The Balaban J connectivity index is 1.88. The van der Waals surface area contributed by atoms with E-state index in [0.717, 1.165) is 18.8 Å². The van der Waals surface area contributed by atoms with Crippen LogP contribution in [0.15, 0.2) is 24.4 Å². The number of nitrogens with zero attached hydrogens (tertiary/aromatic N) is 1. The minimum atomic E-state index is 0.351. The van der Waals surface area contributed by atoms with Crippen LogP contribution in [0.1, 0.15) is 37.9 Å². The molecular formula is C13H21N3. The van der Waals surface area contributed by atoms with Gasteiger partial charge in [0.2, 0.25) is 0 Å². The van der Waals surface area contributed by atoms with E-state index in [-0.39, 0.29) is 0 Å². The van der Waals surface area contributed by atoms with Gasteiger partial charge in [-0.3, -0.25) is 4.98 Å². The molecule has 2 heterocycles. The van der Waals surface area contributed by atoms with Crippen molar-refractivity contribution >= 4 is 0 Å². The molecule has 1 aliphatic rings. The molecule has 1 aromatic heterocycles. The molecule has 1 aliphatic heterocycles. The van der Waals surface area contributed by atoms with E-state index in [0.29, 0.717) is 12.1 Å². The van der Waals surface area contributed by atoms with Crippen LogP contribution in [-0.4, -0.2) is 24.1 Å². The lowest BCUT2D eigenvalue weighted by Crippen LogP contribution is -2.32. The van der Waals surface area contributed by atoms with E-state index < -0.39 is 0 Å². The van der Waals surface area contributed by atoms with Gasteiger partial charge in [-0.1, -0.05) is 6.07 Å². The number of rotatable bonds is 3. The van der Waals surface area contributed by atoms with Crippen molar-refractivity contribution in [2.24, 2.45) is 0 Å². The quantitative estimate of drug-likeness (QED) is 0.815. The van der Waals surface area contributed by atoms with Crippen molar-refractivity contribution in [3.63, 3.8) is 0 Å². The van der Waals surface area contributed by atoms with Crippen molar-refractivity contribution in [2.75, 3.05) is 13.1 Å². The molecule has 3 nitrogen and oxygen atoms in total. The van der Waals surface area contributed by atoms with E-state index >= 15 is 0 Å². The van der Waals surface area contributed by atoms with E-state index in [1.807, 2.05) is 12.3 Å². The first-order chi connectivity index (χ1) is 7.86. The standard InChI is InChI=1S/C13H21N3/c1-11(13-6-2-3-9-15-13)16-12-5-4-8-14-10-7-12/h2-3,6,9,11-12,14,16H,4-5,7-8,10H2,1H3. The van der Waals surface area contributed by atoms with Crippen molar-refractivity contribution < 1.29 is 0 Å². The summed E-state index contributed by atoms with van der Waals surface area (Å²) in [4.78, 5) is 4.39. The van der Waals surface area contributed by atoms with Gasteiger partial charge in [0, 0.05) is 18.3 Å². The normalized spacial score (nSPS) is 23.7. The largest absolute Gasteiger partial charge is 0.317 e. The molecular weight excluding hydrogens is 198 g/mol. The fourth-order valence-corrected chi connectivity index (χ4v) is 2.26. The summed E-state index contributed by atoms with van der Waals surface area (Å²) < 4.78 is 0. The molecule has 0 amide bonds. The molecule has 0 aliphatic carbocycles. The lowest BCUT2D eigenvalue weighted by molar-refractivity contribution is 0.416. The van der Waals surface area contributed by atoms with Gasteiger partial charge in [0.1, 0.15) is 0 Å². The maximum atomic E-state index is 4.39. The molecule has 0 bridgehead atoms. The molecule has 16 heavy (non-hydrogen) atoms. The molecule has 88 valence electrons. The van der Waals surface area contributed by atoms with Crippen molar-refractivity contribution in [3.05, 3.63) is 30.1 Å². The third-order valence-corrected chi connectivity index (χ3v) is 3.19. The summed E-state index contributed by atoms with van der Waals surface area (Å²) in [6, 6.07) is 7.09. The summed E-state index contributed by atoms with van der Waals surface area (Å²) >= 11 is 0. The summed E-state index contributed by atoms with van der Waals surface area (Å²) in [6.45, 7) is 4.49. The van der Waals surface area contributed by atoms with E-state index in [4.69, 9.17) is 0 Å². The summed E-state index contributed by atoms with van der Waals surface area (Å²) in [5, 5.41) is 7.11. The maximum absolute atomic E-state index is 4.39. The Hall–Kier alpha value is -0.930. The molecule has 0 aromatic carbocycles. The minimum Gasteiger partial charge on any atom is -0.317 e. The molecule has 2 atom stereocenters. The van der Waals surface area contributed by atoms with Crippen molar-refractivity contribution in [1.82, 2.24) is 15.6 Å². The molecule has 0 radical (unpaired) electrons. The highest BCUT2D eigenvalue weighted by molar-refractivity contribution is 5.07. The van der Waals surface area contributed by atoms with Gasteiger partial charge in [-0.2, -0.15) is 0 Å². The van der Waals surface area contributed by atoms with Crippen LogP contribution in [0, 0.1) is 0 Å². The van der Waals surface area contributed by atoms with E-state index in [9.17, 15) is 0 Å². The fourth-order valence-electron chi connectivity index (χ4n) is 2.26. The van der Waals surface area contributed by atoms with E-state index in [2.05, 4.69) is 34.7 Å². The molecule has 1 aromatic rings. The summed E-state index contributed by atoms with van der Waals surface area (Å²) in [6.07, 6.45) is 5.62. The third kappa shape index (κ3) is 3.29. The van der Waals surface area contributed by atoms with Crippen LogP contribution in [-0.2, 0) is 0 Å². The first kappa shape index (κ1) is 11.6. The smallest absolute Gasteiger partial charge is 0.0570 e. The van der Waals surface area contributed by atoms with Gasteiger partial charge in [-0.15, -0.1) is 0 Å². The highest BCUT2D eigenvalue weighted by atomic mass is 15.0. The van der Waals surface area contributed by atoms with Crippen LogP contribution in [0.2, 0.25) is 0 Å². The molecule has 1 fully saturated rings. The lowest BCUT2D eigenvalue weighted by atomic mass is 10.1. The van der Waals surface area contributed by atoms with Crippen LogP contribution in [0.4, 0.5) is 0 Å². The van der Waals surface area contributed by atoms with Crippen LogP contribution in [0.3, 0.4) is 0 Å². The topological polar surface area (TPSA) is 37.0 Å². The highest BCUT2D eigenvalue weighted by Gasteiger charge is 2.15. The van der Waals surface area contributed by atoms with Crippen LogP contribution in [0.5, 0.6) is 0 Å². The van der Waals surface area contributed by atoms with Gasteiger partial charge in [0.15, 0.2) is 0 Å². The fraction of sp³-hybridized carbons (Fsp3) is 0.615. The zero-order valence-corrected chi connectivity index (χ0v) is 9.95. The van der Waals surface area contributed by atoms with Gasteiger partial charge in [-0.05, 0) is 51.4 Å². The molecule has 2 rings (SSSR count). The number of hydrogen-bond donors (Lipinski definition) is 2. The Kier molecular flexibility index (Phi) is 4.31. The second-order valence-electron chi connectivity index (χ2n) is 4.52. The second-order valence-corrected chi connectivity index (χ2v) is 4.52. The lowest BCUT2D eigenvalue weighted by Gasteiger charge is -2.21. The average Bonchev–Trinajstić information content (AvgIpc) is 2.59. The van der Waals surface area contributed by atoms with Crippen LogP contribution < -0.4 is 10.6 Å². The van der Waals surface area contributed by atoms with Gasteiger partial charge in [0.05, 0.1) is 5.69 Å². The van der Waals surface area contributed by atoms with Crippen molar-refractivity contribution in [2.45, 2.75) is 38.3 Å². The third-order valence-electron chi connectivity index (χ3n) is 3.19. The first-order valence-corrected chi connectivity index (χ1v) is 6.24. The number of pyridine rings is 1. The molecule has 2 N–H and O–H groups in total. The van der Waals surface area contributed by atoms with Crippen molar-refractivity contribution in [3.8, 4) is 0 Å². The number of aromatic nitrogens is 1. The maximum Gasteiger partial charge on any atom is 0.0570 e. The summed E-state index contributed by atoms with van der Waals surface area (Å²) in [5.41, 5.74) is 1.14. The highest BCUT2D eigenvalue weighted by Crippen LogP contribution is 2.13. The zero-order valence-electron chi connectivity index (χ0n) is 9.95. The predicted octanol–water partition coefficient (Wildman–Crippen LogP) is 1.87. The summed E-state index contributed by atoms with van der Waals surface area (Å²) in [7, 11) is 0. The van der Waals surface area contributed by atoms with Crippen LogP contribution >= 0.6 is 0 Å². The Bertz CT molecular complexity index is 291. The van der Waals surface area contributed by atoms with Gasteiger partial charge in [0.25, 0.3) is 0 Å². The predicted molar refractivity (Wildman–Crippen MR) is 66.3 cm³/mol. The first-order valence-electron chi connectivity index (χ1n) is 6.24. The SMILES string of the molecule is CC(NC1CCCNCC1)c1ccccn1. The number of hydrogen-bond acceptors (Lipinski definition) is 3. The molecule has 0 spiro atoms. The Labute approximate surface area is 97.7 Å². The van der Waals surface area contributed by atoms with E-state index in [1.54, 1.807) is 0 Å². The Morgan fingerprint density at radius 1 is 1.38 bits per heavy atom. The molecule has 0 saturated carbocycles. The molecule has 1 saturated heterocycles. The van der Waals surface area contributed by atoms with Crippen molar-refractivity contribution in [1.29, 1.82) is 0 Å². The van der Waals surface area contributed by atoms with Crippen LogP contribution in [0.25, 0.3) is 0 Å². The minimum absolute atomic E-state index is 0.351. The summed E-state index contributed by atoms with van der Waals surface area (Å²) in [5.74, 6) is 0. The molecule has 3 heteroatoms. The van der Waals surface area contributed by atoms with Gasteiger partial charge < -0.3 is 10.6 Å². The van der Waals surface area contributed by atoms with E-state index in [1.165, 1.54) is 19.3 Å². The molecule has 2 unspecified atom stereocenters. The van der Waals surface area contributed by atoms with Gasteiger partial charge >= 0.3 is 0 Å². The zero-order chi connectivity index (χ0) is 11.2. The second kappa shape index (κ2) is 5.97. The number of nitrogens with one attached hydrogen (secondary N) is 2. The van der Waals surface area contributed by atoms with Gasteiger partial charge in [-0.25, -0.2) is 0 Å². The Morgan fingerprint density at radius 2 is 2.31 bits per heavy atom. The average molecular weight is 219 g/mol. The monoisotopic (exact) mass is 219 g/mol.